The number of likely N-dealkylation sites (tertiary alicyclic amines) is 1. The van der Waals surface area contributed by atoms with Gasteiger partial charge in [-0.3, -0.25) is 9.59 Å². The Bertz CT molecular complexity index is 817. The van der Waals surface area contributed by atoms with E-state index in [9.17, 15) is 9.59 Å². The summed E-state index contributed by atoms with van der Waals surface area (Å²) < 4.78 is 0.835. The first kappa shape index (κ1) is 19.4. The molecule has 0 bridgehead atoms. The molecular formula is C21H24BrN3O2. The Morgan fingerprint density at radius 2 is 1.85 bits per heavy atom. The SMILES string of the molecule is CC1CCN(C(=O)c2cccc(NCC(=O)Nc3ccccc3Br)c2)CC1. The van der Waals surface area contributed by atoms with Gasteiger partial charge in [-0.1, -0.05) is 25.1 Å². The summed E-state index contributed by atoms with van der Waals surface area (Å²) in [5.74, 6) is 0.595. The van der Waals surface area contributed by atoms with Crippen molar-refractivity contribution >= 4 is 39.1 Å². The van der Waals surface area contributed by atoms with E-state index in [2.05, 4.69) is 33.5 Å². The van der Waals surface area contributed by atoms with Gasteiger partial charge in [-0.15, -0.1) is 0 Å². The quantitative estimate of drug-likeness (QED) is 0.741. The fraction of sp³-hybridized carbons (Fsp3) is 0.333. The van der Waals surface area contributed by atoms with Gasteiger partial charge in [-0.2, -0.15) is 0 Å². The zero-order chi connectivity index (χ0) is 19.2. The molecular weight excluding hydrogens is 406 g/mol. The van der Waals surface area contributed by atoms with Crippen molar-refractivity contribution in [3.05, 3.63) is 58.6 Å². The van der Waals surface area contributed by atoms with Crippen molar-refractivity contribution in [3.8, 4) is 0 Å². The minimum absolute atomic E-state index is 0.0585. The van der Waals surface area contributed by atoms with Crippen LogP contribution in [0.2, 0.25) is 0 Å². The molecule has 6 heteroatoms. The first-order chi connectivity index (χ1) is 13.0. The molecule has 2 N–H and O–H groups in total. The van der Waals surface area contributed by atoms with Crippen LogP contribution in [0.5, 0.6) is 0 Å². The molecule has 0 spiro atoms. The number of rotatable bonds is 5. The van der Waals surface area contributed by atoms with Gasteiger partial charge in [0.25, 0.3) is 5.91 Å². The van der Waals surface area contributed by atoms with E-state index in [1.54, 1.807) is 0 Å². The first-order valence-corrected chi connectivity index (χ1v) is 10.00. The molecule has 0 unspecified atom stereocenters. The van der Waals surface area contributed by atoms with E-state index in [0.29, 0.717) is 11.5 Å². The molecule has 2 aromatic rings. The van der Waals surface area contributed by atoms with Crippen LogP contribution in [-0.4, -0.2) is 36.3 Å². The molecule has 2 aromatic carbocycles. The lowest BCUT2D eigenvalue weighted by molar-refractivity contribution is -0.114. The molecule has 1 aliphatic heterocycles. The second-order valence-corrected chi connectivity index (χ2v) is 7.79. The smallest absolute Gasteiger partial charge is 0.253 e. The van der Waals surface area contributed by atoms with Crippen molar-refractivity contribution in [1.82, 2.24) is 4.90 Å². The number of halogens is 1. The maximum absolute atomic E-state index is 12.7. The Balaban J connectivity index is 1.56. The first-order valence-electron chi connectivity index (χ1n) is 9.20. The molecule has 3 rings (SSSR count). The second-order valence-electron chi connectivity index (χ2n) is 6.94. The largest absolute Gasteiger partial charge is 0.376 e. The van der Waals surface area contributed by atoms with Crippen LogP contribution >= 0.6 is 15.9 Å². The Labute approximate surface area is 168 Å². The summed E-state index contributed by atoms with van der Waals surface area (Å²) in [6.45, 7) is 3.98. The summed E-state index contributed by atoms with van der Waals surface area (Å²) in [7, 11) is 0. The van der Waals surface area contributed by atoms with Gasteiger partial charge in [-0.25, -0.2) is 0 Å². The van der Waals surface area contributed by atoms with Crippen molar-refractivity contribution < 1.29 is 9.59 Å². The number of benzene rings is 2. The maximum atomic E-state index is 12.7. The summed E-state index contributed by atoms with van der Waals surface area (Å²) in [6.07, 6.45) is 2.11. The number of para-hydroxylation sites is 1. The minimum atomic E-state index is -0.149. The zero-order valence-electron chi connectivity index (χ0n) is 15.4. The monoisotopic (exact) mass is 429 g/mol. The van der Waals surface area contributed by atoms with Gasteiger partial charge in [0.15, 0.2) is 0 Å². The van der Waals surface area contributed by atoms with Crippen LogP contribution in [-0.2, 0) is 4.79 Å². The Morgan fingerprint density at radius 3 is 2.59 bits per heavy atom. The summed E-state index contributed by atoms with van der Waals surface area (Å²) >= 11 is 3.41. The number of nitrogens with zero attached hydrogens (tertiary/aromatic N) is 1. The third-order valence-corrected chi connectivity index (χ3v) is 5.47. The molecule has 1 saturated heterocycles. The fourth-order valence-electron chi connectivity index (χ4n) is 3.10. The summed E-state index contributed by atoms with van der Waals surface area (Å²) in [5.41, 5.74) is 2.14. The predicted molar refractivity (Wildman–Crippen MR) is 112 cm³/mol. The number of carbonyl (C=O) groups is 2. The molecule has 0 atom stereocenters. The van der Waals surface area contributed by atoms with Gasteiger partial charge in [-0.05, 0) is 65.0 Å². The number of hydrogen-bond donors (Lipinski definition) is 2. The van der Waals surface area contributed by atoms with E-state index in [-0.39, 0.29) is 18.4 Å². The van der Waals surface area contributed by atoms with Crippen LogP contribution < -0.4 is 10.6 Å². The van der Waals surface area contributed by atoms with Crippen LogP contribution in [0.3, 0.4) is 0 Å². The van der Waals surface area contributed by atoms with E-state index < -0.39 is 0 Å². The lowest BCUT2D eigenvalue weighted by Crippen LogP contribution is -2.37. The average molecular weight is 430 g/mol. The fourth-order valence-corrected chi connectivity index (χ4v) is 3.48. The van der Waals surface area contributed by atoms with E-state index in [4.69, 9.17) is 0 Å². The Kier molecular flexibility index (Phi) is 6.50. The Morgan fingerprint density at radius 1 is 1.11 bits per heavy atom. The van der Waals surface area contributed by atoms with Crippen molar-refractivity contribution in [3.63, 3.8) is 0 Å². The van der Waals surface area contributed by atoms with E-state index >= 15 is 0 Å². The molecule has 142 valence electrons. The molecule has 0 radical (unpaired) electrons. The highest BCUT2D eigenvalue weighted by Crippen LogP contribution is 2.21. The van der Waals surface area contributed by atoms with Crippen LogP contribution in [0.1, 0.15) is 30.1 Å². The zero-order valence-corrected chi connectivity index (χ0v) is 17.0. The third-order valence-electron chi connectivity index (χ3n) is 4.78. The molecule has 2 amide bonds. The highest BCUT2D eigenvalue weighted by atomic mass is 79.9. The summed E-state index contributed by atoms with van der Waals surface area (Å²) in [4.78, 5) is 26.8. The number of anilines is 2. The lowest BCUT2D eigenvalue weighted by atomic mass is 9.98. The number of hydrogen-bond acceptors (Lipinski definition) is 3. The molecule has 1 fully saturated rings. The second kappa shape index (κ2) is 9.04. The van der Waals surface area contributed by atoms with Gasteiger partial charge in [0.1, 0.15) is 0 Å². The number of piperidine rings is 1. The van der Waals surface area contributed by atoms with Crippen LogP contribution in [0.15, 0.2) is 53.0 Å². The molecule has 0 saturated carbocycles. The topological polar surface area (TPSA) is 61.4 Å². The molecule has 0 aromatic heterocycles. The molecule has 1 heterocycles. The predicted octanol–water partition coefficient (Wildman–Crippen LogP) is 4.37. The van der Waals surface area contributed by atoms with Crippen LogP contribution in [0.4, 0.5) is 11.4 Å². The molecule has 0 aliphatic carbocycles. The normalized spacial score (nSPS) is 14.7. The minimum Gasteiger partial charge on any atom is -0.376 e. The maximum Gasteiger partial charge on any atom is 0.253 e. The van der Waals surface area contributed by atoms with Gasteiger partial charge >= 0.3 is 0 Å². The number of nitrogens with one attached hydrogen (secondary N) is 2. The summed E-state index contributed by atoms with van der Waals surface area (Å²) in [5, 5.41) is 5.94. The number of carbonyl (C=O) groups excluding carboxylic acids is 2. The van der Waals surface area contributed by atoms with Gasteiger partial charge < -0.3 is 15.5 Å². The van der Waals surface area contributed by atoms with Crippen LogP contribution in [0.25, 0.3) is 0 Å². The van der Waals surface area contributed by atoms with Gasteiger partial charge in [0.2, 0.25) is 5.91 Å². The highest BCUT2D eigenvalue weighted by Gasteiger charge is 2.21. The average Bonchev–Trinajstić information content (AvgIpc) is 2.68. The van der Waals surface area contributed by atoms with E-state index in [0.717, 1.165) is 41.8 Å². The van der Waals surface area contributed by atoms with Gasteiger partial charge in [0.05, 0.1) is 12.2 Å². The molecule has 27 heavy (non-hydrogen) atoms. The lowest BCUT2D eigenvalue weighted by Gasteiger charge is -2.30. The van der Waals surface area contributed by atoms with Crippen molar-refractivity contribution in [1.29, 1.82) is 0 Å². The standard InChI is InChI=1S/C21H24BrN3O2/c1-15-9-11-25(12-10-15)21(27)16-5-4-6-17(13-16)23-14-20(26)24-19-8-3-2-7-18(19)22/h2-8,13,15,23H,9-12,14H2,1H3,(H,24,26). The van der Waals surface area contributed by atoms with E-state index in [1.165, 1.54) is 0 Å². The molecule has 1 aliphatic rings. The Hall–Kier alpha value is -2.34. The van der Waals surface area contributed by atoms with Crippen molar-refractivity contribution in [2.75, 3.05) is 30.3 Å². The van der Waals surface area contributed by atoms with Crippen molar-refractivity contribution in [2.45, 2.75) is 19.8 Å². The van der Waals surface area contributed by atoms with Crippen molar-refractivity contribution in [2.24, 2.45) is 5.92 Å². The number of amides is 2. The third kappa shape index (κ3) is 5.32. The summed E-state index contributed by atoms with van der Waals surface area (Å²) in [6, 6.07) is 14.8. The van der Waals surface area contributed by atoms with Gasteiger partial charge in [0, 0.05) is 28.8 Å². The molecule has 5 nitrogen and oxygen atoms in total. The van der Waals surface area contributed by atoms with E-state index in [1.807, 2.05) is 53.4 Å². The van der Waals surface area contributed by atoms with Crippen LogP contribution in [0, 0.1) is 5.92 Å². The highest BCUT2D eigenvalue weighted by molar-refractivity contribution is 9.10.